The van der Waals surface area contributed by atoms with Gasteiger partial charge in [-0.2, -0.15) is 0 Å². The zero-order valence-electron chi connectivity index (χ0n) is 17.0. The smallest absolute Gasteiger partial charge is 0.338 e. The fraction of sp³-hybridized carbons (Fsp3) is 0.333. The number of carbonyl (C=O) groups excluding carboxylic acids is 2. The molecule has 0 aliphatic rings. The minimum absolute atomic E-state index is 0.00539. The van der Waals surface area contributed by atoms with Gasteiger partial charge in [0.2, 0.25) is 0 Å². The van der Waals surface area contributed by atoms with Crippen LogP contribution in [-0.2, 0) is 19.6 Å². The van der Waals surface area contributed by atoms with Gasteiger partial charge in [0.15, 0.2) is 6.61 Å². The summed E-state index contributed by atoms with van der Waals surface area (Å²) < 4.78 is 32.5. The van der Waals surface area contributed by atoms with Gasteiger partial charge in [0.1, 0.15) is 0 Å². The third-order valence-corrected chi connectivity index (χ3v) is 5.89. The summed E-state index contributed by atoms with van der Waals surface area (Å²) in [5.74, 6) is -1.03. The van der Waals surface area contributed by atoms with Crippen LogP contribution in [-0.4, -0.2) is 32.9 Å². The van der Waals surface area contributed by atoms with E-state index in [-0.39, 0.29) is 29.0 Å². The number of hydrogen-bond donors (Lipinski definition) is 2. The first-order chi connectivity index (χ1) is 13.6. The van der Waals surface area contributed by atoms with Crippen molar-refractivity contribution in [3.63, 3.8) is 0 Å². The van der Waals surface area contributed by atoms with Gasteiger partial charge in [-0.3, -0.25) is 9.52 Å². The lowest BCUT2D eigenvalue weighted by atomic mass is 10.1. The second-order valence-electron chi connectivity index (χ2n) is 6.88. The van der Waals surface area contributed by atoms with E-state index in [1.807, 2.05) is 27.7 Å². The van der Waals surface area contributed by atoms with Crippen LogP contribution in [0.1, 0.15) is 41.8 Å². The van der Waals surface area contributed by atoms with Crippen LogP contribution in [0.5, 0.6) is 0 Å². The van der Waals surface area contributed by atoms with Gasteiger partial charge in [0.25, 0.3) is 15.9 Å². The lowest BCUT2D eigenvalue weighted by molar-refractivity contribution is -0.124. The fourth-order valence-corrected chi connectivity index (χ4v) is 3.55. The standard InChI is InChI=1S/C21H26N2O5S/c1-5-16(4)22-20(24)13-28-21(25)17-7-9-18(10-8-17)23-29(26,27)19-11-6-14(2)15(3)12-19/h6-12,16,23H,5,13H2,1-4H3,(H,22,24)/t16-/m1/s1. The van der Waals surface area contributed by atoms with Gasteiger partial charge < -0.3 is 10.1 Å². The molecule has 0 heterocycles. The molecule has 0 aromatic heterocycles. The van der Waals surface area contributed by atoms with Crippen LogP contribution in [0.25, 0.3) is 0 Å². The van der Waals surface area contributed by atoms with Crippen LogP contribution in [0, 0.1) is 13.8 Å². The highest BCUT2D eigenvalue weighted by molar-refractivity contribution is 7.92. The predicted octanol–water partition coefficient (Wildman–Crippen LogP) is 3.18. The zero-order chi connectivity index (χ0) is 21.6. The van der Waals surface area contributed by atoms with E-state index in [1.165, 1.54) is 24.3 Å². The van der Waals surface area contributed by atoms with Gasteiger partial charge in [0, 0.05) is 11.7 Å². The molecule has 0 saturated heterocycles. The molecule has 0 spiro atoms. The van der Waals surface area contributed by atoms with Crippen LogP contribution in [0.2, 0.25) is 0 Å². The van der Waals surface area contributed by atoms with E-state index in [4.69, 9.17) is 4.74 Å². The number of sulfonamides is 1. The number of ether oxygens (including phenoxy) is 1. The largest absolute Gasteiger partial charge is 0.452 e. The SMILES string of the molecule is CC[C@@H](C)NC(=O)COC(=O)c1ccc(NS(=O)(=O)c2ccc(C)c(C)c2)cc1. The maximum atomic E-state index is 12.5. The molecule has 0 aliphatic carbocycles. The molecule has 2 aromatic rings. The normalized spacial score (nSPS) is 12.1. The zero-order valence-corrected chi connectivity index (χ0v) is 17.8. The van der Waals surface area contributed by atoms with Crippen molar-refractivity contribution < 1.29 is 22.7 Å². The minimum atomic E-state index is -3.74. The van der Waals surface area contributed by atoms with Crippen LogP contribution in [0.15, 0.2) is 47.4 Å². The molecule has 29 heavy (non-hydrogen) atoms. The highest BCUT2D eigenvalue weighted by atomic mass is 32.2. The molecule has 2 aromatic carbocycles. The number of rotatable bonds is 8. The lowest BCUT2D eigenvalue weighted by Crippen LogP contribution is -2.35. The van der Waals surface area contributed by atoms with E-state index < -0.39 is 16.0 Å². The summed E-state index contributed by atoms with van der Waals surface area (Å²) in [7, 11) is -3.74. The highest BCUT2D eigenvalue weighted by Crippen LogP contribution is 2.19. The molecule has 1 atom stereocenters. The van der Waals surface area contributed by atoms with E-state index in [0.29, 0.717) is 5.69 Å². The Bertz CT molecular complexity index is 985. The molecular weight excluding hydrogens is 392 g/mol. The molecule has 0 aliphatic heterocycles. The Hall–Kier alpha value is -2.87. The van der Waals surface area contributed by atoms with E-state index in [0.717, 1.165) is 17.5 Å². The number of esters is 1. The molecule has 1 amide bonds. The summed E-state index contributed by atoms with van der Waals surface area (Å²) in [6.45, 7) is 7.18. The summed E-state index contributed by atoms with van der Waals surface area (Å²) >= 11 is 0. The first-order valence-electron chi connectivity index (χ1n) is 9.29. The second kappa shape index (κ2) is 9.56. The van der Waals surface area contributed by atoms with Gasteiger partial charge in [-0.05, 0) is 74.7 Å². The number of amides is 1. The number of aryl methyl sites for hydroxylation is 2. The van der Waals surface area contributed by atoms with E-state index in [9.17, 15) is 18.0 Å². The maximum absolute atomic E-state index is 12.5. The molecule has 0 saturated carbocycles. The second-order valence-corrected chi connectivity index (χ2v) is 8.56. The van der Waals surface area contributed by atoms with Gasteiger partial charge in [-0.25, -0.2) is 13.2 Å². The molecule has 0 bridgehead atoms. The third kappa shape index (κ3) is 6.32. The third-order valence-electron chi connectivity index (χ3n) is 4.52. The number of nitrogens with one attached hydrogen (secondary N) is 2. The topological polar surface area (TPSA) is 102 Å². The summed E-state index contributed by atoms with van der Waals surface area (Å²) in [6.07, 6.45) is 0.777. The van der Waals surface area contributed by atoms with Gasteiger partial charge in [-0.1, -0.05) is 13.0 Å². The van der Waals surface area contributed by atoms with Crippen molar-refractivity contribution in [1.82, 2.24) is 5.32 Å². The molecule has 0 fully saturated rings. The molecule has 2 rings (SSSR count). The average Bonchev–Trinajstić information content (AvgIpc) is 2.68. The molecule has 0 unspecified atom stereocenters. The molecule has 2 N–H and O–H groups in total. The molecule has 7 nitrogen and oxygen atoms in total. The summed E-state index contributed by atoms with van der Waals surface area (Å²) in [5.41, 5.74) is 2.41. The van der Waals surface area contributed by atoms with E-state index >= 15 is 0 Å². The Kier molecular flexibility index (Phi) is 7.39. The van der Waals surface area contributed by atoms with Crippen molar-refractivity contribution in [3.8, 4) is 0 Å². The van der Waals surface area contributed by atoms with Gasteiger partial charge in [-0.15, -0.1) is 0 Å². The Morgan fingerprint density at radius 2 is 1.69 bits per heavy atom. The van der Waals surface area contributed by atoms with Crippen molar-refractivity contribution in [2.45, 2.75) is 45.1 Å². The number of benzene rings is 2. The summed E-state index contributed by atoms with van der Waals surface area (Å²) in [4.78, 5) is 23.9. The van der Waals surface area contributed by atoms with E-state index in [1.54, 1.807) is 18.2 Å². The number of carbonyl (C=O) groups is 2. The van der Waals surface area contributed by atoms with Gasteiger partial charge in [0.05, 0.1) is 10.5 Å². The number of hydrogen-bond acceptors (Lipinski definition) is 5. The van der Waals surface area contributed by atoms with Crippen molar-refractivity contribution in [3.05, 3.63) is 59.2 Å². The Balaban J connectivity index is 1.99. The van der Waals surface area contributed by atoms with Crippen LogP contribution in [0.3, 0.4) is 0 Å². The average molecular weight is 419 g/mol. The van der Waals surface area contributed by atoms with Crippen molar-refractivity contribution in [2.24, 2.45) is 0 Å². The Morgan fingerprint density at radius 3 is 2.28 bits per heavy atom. The highest BCUT2D eigenvalue weighted by Gasteiger charge is 2.16. The first kappa shape index (κ1) is 22.4. The lowest BCUT2D eigenvalue weighted by Gasteiger charge is -2.12. The molecule has 8 heteroatoms. The predicted molar refractivity (Wildman–Crippen MR) is 111 cm³/mol. The quantitative estimate of drug-likeness (QED) is 0.641. The molecular formula is C21H26N2O5S. The van der Waals surface area contributed by atoms with E-state index in [2.05, 4.69) is 10.0 Å². The van der Waals surface area contributed by atoms with Crippen molar-refractivity contribution in [2.75, 3.05) is 11.3 Å². The maximum Gasteiger partial charge on any atom is 0.338 e. The molecule has 0 radical (unpaired) electrons. The van der Waals surface area contributed by atoms with Crippen LogP contribution < -0.4 is 10.0 Å². The Morgan fingerprint density at radius 1 is 1.03 bits per heavy atom. The summed E-state index contributed by atoms with van der Waals surface area (Å²) in [5, 5.41) is 2.70. The van der Waals surface area contributed by atoms with Crippen LogP contribution in [0.4, 0.5) is 5.69 Å². The molecule has 156 valence electrons. The first-order valence-corrected chi connectivity index (χ1v) is 10.8. The summed E-state index contributed by atoms with van der Waals surface area (Å²) in [6, 6.07) is 10.7. The fourth-order valence-electron chi connectivity index (χ4n) is 2.40. The minimum Gasteiger partial charge on any atom is -0.452 e. The monoisotopic (exact) mass is 418 g/mol. The van der Waals surface area contributed by atoms with Crippen LogP contribution >= 0.6 is 0 Å². The van der Waals surface area contributed by atoms with Crippen molar-refractivity contribution >= 4 is 27.6 Å². The van der Waals surface area contributed by atoms with Gasteiger partial charge >= 0.3 is 5.97 Å². The Labute approximate surface area is 171 Å². The van der Waals surface area contributed by atoms with Crippen molar-refractivity contribution in [1.29, 1.82) is 0 Å². The number of anilines is 1.